The fourth-order valence-corrected chi connectivity index (χ4v) is 2.16. The summed E-state index contributed by atoms with van der Waals surface area (Å²) in [4.78, 5) is 0.728. The second-order valence-corrected chi connectivity index (χ2v) is 4.30. The van der Waals surface area contributed by atoms with E-state index in [4.69, 9.17) is 10.00 Å². The van der Waals surface area contributed by atoms with Gasteiger partial charge in [0, 0.05) is 12.6 Å². The molecule has 3 nitrogen and oxygen atoms in total. The highest BCUT2D eigenvalue weighted by Gasteiger charge is 2.14. The first-order chi connectivity index (χ1) is 7.24. The normalized spacial score (nSPS) is 9.73. The van der Waals surface area contributed by atoms with Gasteiger partial charge in [-0.1, -0.05) is 13.3 Å². The molecule has 4 heteroatoms. The molecule has 1 rings (SSSR count). The molecule has 0 aliphatic heterocycles. The van der Waals surface area contributed by atoms with Crippen molar-refractivity contribution in [3.63, 3.8) is 0 Å². The van der Waals surface area contributed by atoms with Crippen LogP contribution in [-0.4, -0.2) is 13.7 Å². The highest BCUT2D eigenvalue weighted by atomic mass is 32.1. The molecule has 1 aromatic heterocycles. The molecule has 0 amide bonds. The zero-order valence-electron chi connectivity index (χ0n) is 9.39. The van der Waals surface area contributed by atoms with E-state index in [2.05, 4.69) is 18.3 Å². The first-order valence-corrected chi connectivity index (χ1v) is 5.90. The number of nitriles is 1. The zero-order chi connectivity index (χ0) is 11.3. The van der Waals surface area contributed by atoms with Crippen LogP contribution < -0.4 is 10.1 Å². The summed E-state index contributed by atoms with van der Waals surface area (Å²) < 4.78 is 5.68. The molecule has 1 heterocycles. The lowest BCUT2D eigenvalue weighted by atomic mass is 10.2. The number of nitrogens with zero attached hydrogens (tertiary/aromatic N) is 1. The van der Waals surface area contributed by atoms with Gasteiger partial charge in [0.05, 0.1) is 6.61 Å². The summed E-state index contributed by atoms with van der Waals surface area (Å²) in [5, 5.41) is 12.9. The molecule has 0 unspecified atom stereocenters. The van der Waals surface area contributed by atoms with Crippen LogP contribution in [0.1, 0.15) is 30.2 Å². The second-order valence-electron chi connectivity index (χ2n) is 3.28. The summed E-state index contributed by atoms with van der Waals surface area (Å²) in [5.74, 6) is 0.840. The zero-order valence-corrected chi connectivity index (χ0v) is 10.2. The molecule has 0 aliphatic rings. The summed E-state index contributed by atoms with van der Waals surface area (Å²) in [6.07, 6.45) is 2.16. The maximum Gasteiger partial charge on any atom is 0.157 e. The van der Waals surface area contributed by atoms with Gasteiger partial charge in [0.2, 0.25) is 0 Å². The molecule has 0 aliphatic carbocycles. The number of hydrogen-bond donors (Lipinski definition) is 1. The lowest BCUT2D eigenvalue weighted by Gasteiger charge is -2.07. The van der Waals surface area contributed by atoms with E-state index in [-0.39, 0.29) is 0 Å². The average molecular weight is 224 g/mol. The highest BCUT2D eigenvalue weighted by molar-refractivity contribution is 7.17. The molecule has 0 atom stereocenters. The van der Waals surface area contributed by atoms with Crippen molar-refractivity contribution in [2.75, 3.05) is 19.0 Å². The molecule has 1 aromatic rings. The average Bonchev–Trinajstić information content (AvgIpc) is 2.56. The molecule has 82 valence electrons. The van der Waals surface area contributed by atoms with E-state index in [9.17, 15) is 0 Å². The molecule has 1 N–H and O–H groups in total. The fraction of sp³-hybridized carbons (Fsp3) is 0.545. The minimum atomic E-state index is 0.716. The molecule has 0 saturated carbocycles. The summed E-state index contributed by atoms with van der Waals surface area (Å²) in [6, 6.07) is 2.18. The van der Waals surface area contributed by atoms with Crippen LogP contribution in [0.5, 0.6) is 5.75 Å². The van der Waals surface area contributed by atoms with Crippen molar-refractivity contribution in [2.24, 2.45) is 0 Å². The van der Waals surface area contributed by atoms with Gasteiger partial charge in [0.15, 0.2) is 5.75 Å². The molecular formula is C11H16N2OS. The first kappa shape index (κ1) is 11.9. The largest absolute Gasteiger partial charge is 0.490 e. The second kappa shape index (κ2) is 5.62. The third-order valence-corrected chi connectivity index (χ3v) is 3.36. The van der Waals surface area contributed by atoms with Crippen molar-refractivity contribution >= 4 is 16.3 Å². The monoisotopic (exact) mass is 224 g/mol. The van der Waals surface area contributed by atoms with Crippen molar-refractivity contribution in [2.45, 2.75) is 26.7 Å². The SMILES string of the molecule is CCCCOc1c(NC)sc(C#N)c1C. The third-order valence-electron chi connectivity index (χ3n) is 2.16. The molecule has 0 saturated heterocycles. The third kappa shape index (κ3) is 2.63. The molecule has 15 heavy (non-hydrogen) atoms. The Hall–Kier alpha value is -1.21. The molecule has 0 aromatic carbocycles. The van der Waals surface area contributed by atoms with Gasteiger partial charge in [-0.25, -0.2) is 0 Å². The lowest BCUT2D eigenvalue weighted by molar-refractivity contribution is 0.310. The van der Waals surface area contributed by atoms with Gasteiger partial charge in [-0.15, -0.1) is 11.3 Å². The molecule has 0 radical (unpaired) electrons. The van der Waals surface area contributed by atoms with Gasteiger partial charge >= 0.3 is 0 Å². The number of hydrogen-bond acceptors (Lipinski definition) is 4. The van der Waals surface area contributed by atoms with Gasteiger partial charge in [0.25, 0.3) is 0 Å². The Bertz CT molecular complexity index is 365. The maximum absolute atomic E-state index is 8.90. The Morgan fingerprint density at radius 3 is 2.80 bits per heavy atom. The predicted octanol–water partition coefficient (Wildman–Crippen LogP) is 3.15. The Kier molecular flexibility index (Phi) is 4.44. The van der Waals surface area contributed by atoms with Crippen LogP contribution in [0.2, 0.25) is 0 Å². The van der Waals surface area contributed by atoms with Crippen LogP contribution in [0.3, 0.4) is 0 Å². The smallest absolute Gasteiger partial charge is 0.157 e. The van der Waals surface area contributed by atoms with Gasteiger partial charge in [0.1, 0.15) is 15.9 Å². The van der Waals surface area contributed by atoms with E-state index < -0.39 is 0 Å². The molecule has 0 fully saturated rings. The fourth-order valence-electron chi connectivity index (χ4n) is 1.26. The first-order valence-electron chi connectivity index (χ1n) is 5.08. The number of nitrogens with one attached hydrogen (secondary N) is 1. The Balaban J connectivity index is 2.85. The Morgan fingerprint density at radius 1 is 1.53 bits per heavy atom. The number of ether oxygens (including phenoxy) is 1. The van der Waals surface area contributed by atoms with Crippen LogP contribution >= 0.6 is 11.3 Å². The lowest BCUT2D eigenvalue weighted by Crippen LogP contribution is -1.99. The Labute approximate surface area is 94.7 Å². The van der Waals surface area contributed by atoms with Crippen LogP contribution in [-0.2, 0) is 0 Å². The summed E-state index contributed by atoms with van der Waals surface area (Å²) >= 11 is 1.45. The van der Waals surface area contributed by atoms with Crippen LogP contribution in [0.4, 0.5) is 5.00 Å². The summed E-state index contributed by atoms with van der Waals surface area (Å²) in [7, 11) is 1.85. The van der Waals surface area contributed by atoms with E-state index >= 15 is 0 Å². The maximum atomic E-state index is 8.90. The van der Waals surface area contributed by atoms with E-state index in [1.807, 2.05) is 14.0 Å². The van der Waals surface area contributed by atoms with E-state index in [0.717, 1.165) is 34.0 Å². The number of anilines is 1. The molecular weight excluding hydrogens is 208 g/mol. The summed E-state index contributed by atoms with van der Waals surface area (Å²) in [5.41, 5.74) is 0.947. The van der Waals surface area contributed by atoms with Crippen LogP contribution in [0.25, 0.3) is 0 Å². The number of thiophene rings is 1. The number of unbranched alkanes of at least 4 members (excludes halogenated alkanes) is 1. The van der Waals surface area contributed by atoms with Crippen molar-refractivity contribution in [1.82, 2.24) is 0 Å². The molecule has 0 bridgehead atoms. The van der Waals surface area contributed by atoms with E-state index in [0.29, 0.717) is 6.61 Å². The Morgan fingerprint density at radius 2 is 2.27 bits per heavy atom. The van der Waals surface area contributed by atoms with Crippen LogP contribution in [0, 0.1) is 18.3 Å². The minimum absolute atomic E-state index is 0.716. The molecule has 0 spiro atoms. The summed E-state index contributed by atoms with van der Waals surface area (Å²) in [6.45, 7) is 4.77. The van der Waals surface area contributed by atoms with Gasteiger partial charge in [-0.3, -0.25) is 0 Å². The van der Waals surface area contributed by atoms with Crippen molar-refractivity contribution in [3.05, 3.63) is 10.4 Å². The van der Waals surface area contributed by atoms with Gasteiger partial charge < -0.3 is 10.1 Å². The quantitative estimate of drug-likeness (QED) is 0.781. The topological polar surface area (TPSA) is 45.0 Å². The van der Waals surface area contributed by atoms with Crippen molar-refractivity contribution in [1.29, 1.82) is 5.26 Å². The van der Waals surface area contributed by atoms with Crippen molar-refractivity contribution in [3.8, 4) is 11.8 Å². The van der Waals surface area contributed by atoms with Crippen molar-refractivity contribution < 1.29 is 4.74 Å². The predicted molar refractivity (Wildman–Crippen MR) is 63.7 cm³/mol. The van der Waals surface area contributed by atoms with Gasteiger partial charge in [-0.2, -0.15) is 5.26 Å². The van der Waals surface area contributed by atoms with E-state index in [1.165, 1.54) is 11.3 Å². The highest BCUT2D eigenvalue weighted by Crippen LogP contribution is 2.39. The van der Waals surface area contributed by atoms with Gasteiger partial charge in [-0.05, 0) is 13.3 Å². The standard InChI is InChI=1S/C11H16N2OS/c1-4-5-6-14-10-8(2)9(7-12)15-11(10)13-3/h13H,4-6H2,1-3H3. The minimum Gasteiger partial charge on any atom is -0.490 e. The van der Waals surface area contributed by atoms with Crippen LogP contribution in [0.15, 0.2) is 0 Å². The number of rotatable bonds is 5. The van der Waals surface area contributed by atoms with E-state index in [1.54, 1.807) is 0 Å².